The van der Waals surface area contributed by atoms with Crippen LogP contribution in [0.2, 0.25) is 0 Å². The second kappa shape index (κ2) is 12.9. The van der Waals surface area contributed by atoms with Gasteiger partial charge in [0.05, 0.1) is 0 Å². The molecule has 0 saturated carbocycles. The fourth-order valence-corrected chi connectivity index (χ4v) is 0.575. The zero-order valence-electron chi connectivity index (χ0n) is 12.3. The molecule has 0 fully saturated rings. The quantitative estimate of drug-likeness (QED) is 0.539. The largest absolute Gasteiger partial charge is 0.673 e. The van der Waals surface area contributed by atoms with Crippen molar-refractivity contribution in [3.8, 4) is 0 Å². The van der Waals surface area contributed by atoms with E-state index < -0.39 is 5.97 Å². The van der Waals surface area contributed by atoms with E-state index in [4.69, 9.17) is 15.6 Å². The number of carboxylic acids is 1. The normalized spacial score (nSPS) is 12.2. The fraction of sp³-hybridized carbons (Fsp3) is 0.583. The smallest absolute Gasteiger partial charge is 0.300 e. The summed E-state index contributed by atoms with van der Waals surface area (Å²) < 4.78 is 0. The van der Waals surface area contributed by atoms with Crippen LogP contribution in [-0.4, -0.2) is 40.5 Å². The summed E-state index contributed by atoms with van der Waals surface area (Å²) in [6.45, 7) is 8.65. The Balaban J connectivity index is -0.0000000811. The van der Waals surface area contributed by atoms with E-state index in [1.807, 2.05) is 63.7 Å². The Bertz CT molecular complexity index is 208. The maximum Gasteiger partial charge on any atom is 0.300 e. The van der Waals surface area contributed by atoms with Gasteiger partial charge in [-0.1, -0.05) is 20.8 Å². The van der Waals surface area contributed by atoms with Gasteiger partial charge < -0.3 is 28.1 Å². The van der Waals surface area contributed by atoms with Crippen LogP contribution in [0.15, 0.2) is 12.4 Å². The van der Waals surface area contributed by atoms with Crippen molar-refractivity contribution in [1.29, 1.82) is 0 Å². The molecule has 0 aromatic carbocycles. The molecular formula is C12H26N3O2Pd-3. The Morgan fingerprint density at radius 1 is 1.22 bits per heavy atom. The topological polar surface area (TPSA) is 67.6 Å². The molecule has 114 valence electrons. The van der Waals surface area contributed by atoms with Gasteiger partial charge in [-0.15, -0.1) is 5.54 Å². The van der Waals surface area contributed by atoms with Crippen molar-refractivity contribution >= 4 is 5.97 Å². The molecule has 0 bridgehead atoms. The van der Waals surface area contributed by atoms with Gasteiger partial charge in [0.15, 0.2) is 0 Å². The van der Waals surface area contributed by atoms with Crippen molar-refractivity contribution in [3.05, 3.63) is 32.2 Å². The van der Waals surface area contributed by atoms with Crippen LogP contribution in [0.5, 0.6) is 0 Å². The predicted octanol–water partition coefficient (Wildman–Crippen LogP) is 2.83. The first-order valence-corrected chi connectivity index (χ1v) is 4.94. The van der Waals surface area contributed by atoms with Gasteiger partial charge in [0.25, 0.3) is 5.97 Å². The number of aliphatic carboxylic acids is 1. The third-order valence-electron chi connectivity index (χ3n) is 0.901. The average Bonchev–Trinajstić information content (AvgIpc) is 2.28. The molecule has 0 atom stereocenters. The molecular weight excluding hydrogens is 325 g/mol. The monoisotopic (exact) mass is 350 g/mol. The standard InChI is InChI=1S/C5H9N2.C4H10N.C2H4O2.CH3.Pd/c1-6-3-4-7(2)5-6;1-4(2,3)5;1-2(3)4;;/h3-5H,1-2H3;5H,1-3H3;1H3,(H,3,4);1H3;/q2*-1;;-1;. The summed E-state index contributed by atoms with van der Waals surface area (Å²) in [6.07, 6.45) is 4.00. The molecule has 2 N–H and O–H groups in total. The maximum atomic E-state index is 9.00. The molecule has 6 heteroatoms. The summed E-state index contributed by atoms with van der Waals surface area (Å²) in [6, 6.07) is 0. The van der Waals surface area contributed by atoms with E-state index >= 15 is 0 Å². The van der Waals surface area contributed by atoms with E-state index in [-0.39, 0.29) is 33.4 Å². The zero-order chi connectivity index (χ0) is 13.4. The molecule has 0 aromatic heterocycles. The van der Waals surface area contributed by atoms with Crippen LogP contribution in [0.1, 0.15) is 27.7 Å². The molecule has 0 aromatic rings. The Hall–Kier alpha value is -0.568. The minimum absolute atomic E-state index is 0. The molecule has 1 rings (SSSR count). The van der Waals surface area contributed by atoms with E-state index in [0.29, 0.717) is 0 Å². The molecule has 5 nitrogen and oxygen atoms in total. The number of hydrogen-bond donors (Lipinski definition) is 1. The van der Waals surface area contributed by atoms with Crippen LogP contribution >= 0.6 is 0 Å². The van der Waals surface area contributed by atoms with Crippen LogP contribution in [0.25, 0.3) is 5.73 Å². The van der Waals surface area contributed by atoms with Crippen LogP contribution in [0, 0.1) is 14.1 Å². The van der Waals surface area contributed by atoms with Crippen molar-refractivity contribution < 1.29 is 30.3 Å². The molecule has 0 radical (unpaired) electrons. The third-order valence-corrected chi connectivity index (χ3v) is 0.901. The minimum Gasteiger partial charge on any atom is -0.673 e. The summed E-state index contributed by atoms with van der Waals surface area (Å²) in [5, 5.41) is 7.42. The Labute approximate surface area is 126 Å². The summed E-state index contributed by atoms with van der Waals surface area (Å²) in [4.78, 5) is 13.0. The number of nitrogens with one attached hydrogen (secondary N) is 1. The Kier molecular flexibility index (Phi) is 18.7. The van der Waals surface area contributed by atoms with Crippen LogP contribution in [0.3, 0.4) is 0 Å². The van der Waals surface area contributed by atoms with Gasteiger partial charge in [-0.25, -0.2) is 0 Å². The number of nitrogens with zero attached hydrogens (tertiary/aromatic N) is 2. The molecule has 0 unspecified atom stereocenters. The van der Waals surface area contributed by atoms with E-state index in [0.717, 1.165) is 6.92 Å². The summed E-state index contributed by atoms with van der Waals surface area (Å²) in [5.41, 5.74) is 6.69. The van der Waals surface area contributed by atoms with Gasteiger partial charge in [-0.3, -0.25) is 4.79 Å². The first-order valence-electron chi connectivity index (χ1n) is 4.94. The Morgan fingerprint density at radius 2 is 1.39 bits per heavy atom. The number of rotatable bonds is 0. The first-order chi connectivity index (χ1) is 7.02. The van der Waals surface area contributed by atoms with Crippen molar-refractivity contribution in [1.82, 2.24) is 9.80 Å². The van der Waals surface area contributed by atoms with E-state index in [1.54, 1.807) is 0 Å². The van der Waals surface area contributed by atoms with Crippen molar-refractivity contribution in [3.63, 3.8) is 0 Å². The van der Waals surface area contributed by atoms with Crippen molar-refractivity contribution in [2.24, 2.45) is 0 Å². The second-order valence-corrected chi connectivity index (χ2v) is 4.51. The predicted molar refractivity (Wildman–Crippen MR) is 72.8 cm³/mol. The van der Waals surface area contributed by atoms with Crippen molar-refractivity contribution in [2.45, 2.75) is 33.2 Å². The zero-order valence-corrected chi connectivity index (χ0v) is 13.9. The maximum absolute atomic E-state index is 9.00. The summed E-state index contributed by atoms with van der Waals surface area (Å²) in [5.74, 6) is -0.833. The van der Waals surface area contributed by atoms with Crippen LogP contribution < -0.4 is 0 Å². The number of carbonyl (C=O) groups is 1. The van der Waals surface area contributed by atoms with Gasteiger partial charge in [0.2, 0.25) is 0 Å². The van der Waals surface area contributed by atoms with E-state index in [1.165, 1.54) is 0 Å². The van der Waals surface area contributed by atoms with E-state index in [9.17, 15) is 0 Å². The molecule has 1 aliphatic rings. The van der Waals surface area contributed by atoms with Crippen LogP contribution in [-0.2, 0) is 25.2 Å². The SMILES string of the molecule is CC(=O)O.CC(C)(C)[NH-].CN1C=CN(C)[CH-]1.[CH3-].[Pd]. The second-order valence-electron chi connectivity index (χ2n) is 4.51. The minimum atomic E-state index is -0.833. The molecule has 0 spiro atoms. The van der Waals surface area contributed by atoms with E-state index in [2.05, 4.69) is 0 Å². The average molecular weight is 351 g/mol. The number of hydrogen-bond acceptors (Lipinski definition) is 3. The summed E-state index contributed by atoms with van der Waals surface area (Å²) in [7, 11) is 4.00. The van der Waals surface area contributed by atoms with Crippen LogP contribution in [0.4, 0.5) is 0 Å². The van der Waals surface area contributed by atoms with Gasteiger partial charge in [-0.2, -0.15) is 6.67 Å². The van der Waals surface area contributed by atoms with Gasteiger partial charge >= 0.3 is 0 Å². The van der Waals surface area contributed by atoms with Crippen molar-refractivity contribution in [2.75, 3.05) is 14.1 Å². The van der Waals surface area contributed by atoms with Gasteiger partial charge in [0, 0.05) is 27.3 Å². The van der Waals surface area contributed by atoms with Gasteiger partial charge in [-0.05, 0) is 26.5 Å². The Morgan fingerprint density at radius 3 is 1.44 bits per heavy atom. The van der Waals surface area contributed by atoms with Gasteiger partial charge in [0.1, 0.15) is 0 Å². The molecule has 0 amide bonds. The summed E-state index contributed by atoms with van der Waals surface area (Å²) >= 11 is 0. The molecule has 1 aliphatic heterocycles. The first kappa shape index (κ1) is 26.1. The fourth-order valence-electron chi connectivity index (χ4n) is 0.575. The molecule has 18 heavy (non-hydrogen) atoms. The number of carboxylic acid groups (broad SMARTS) is 1. The third kappa shape index (κ3) is 45.2. The molecule has 1 heterocycles. The molecule has 0 saturated heterocycles. The molecule has 0 aliphatic carbocycles.